The van der Waals surface area contributed by atoms with Crippen LogP contribution in [0.3, 0.4) is 0 Å². The summed E-state index contributed by atoms with van der Waals surface area (Å²) in [5.41, 5.74) is 3.37. The molecule has 1 atom stereocenters. The summed E-state index contributed by atoms with van der Waals surface area (Å²) in [4.78, 5) is 25.8. The predicted octanol–water partition coefficient (Wildman–Crippen LogP) is 5.87. The summed E-state index contributed by atoms with van der Waals surface area (Å²) in [7, 11) is 0. The van der Waals surface area contributed by atoms with Crippen LogP contribution < -0.4 is 5.32 Å². The fraction of sp³-hybridized carbons (Fsp3) is 0.267. The van der Waals surface area contributed by atoms with Crippen molar-refractivity contribution in [2.45, 2.75) is 52.0 Å². The van der Waals surface area contributed by atoms with E-state index in [-0.39, 0.29) is 13.0 Å². The Labute approximate surface area is 211 Å². The average Bonchev–Trinajstić information content (AvgIpc) is 3.19. The van der Waals surface area contributed by atoms with Crippen molar-refractivity contribution in [2.75, 3.05) is 0 Å². The SMILES string of the molecule is CC(C)(C)OC(=O)N[C@@H](Cc1cn(Cc2ccccc2)c2ccccc12)C(=O)OCc1ccccc1. The summed E-state index contributed by atoms with van der Waals surface area (Å²) in [5.74, 6) is -0.510. The van der Waals surface area contributed by atoms with E-state index in [4.69, 9.17) is 9.47 Å². The highest BCUT2D eigenvalue weighted by atomic mass is 16.6. The van der Waals surface area contributed by atoms with Gasteiger partial charge in [-0.05, 0) is 43.5 Å². The van der Waals surface area contributed by atoms with Gasteiger partial charge in [-0.25, -0.2) is 9.59 Å². The molecule has 0 aliphatic heterocycles. The maximum Gasteiger partial charge on any atom is 0.408 e. The third-order valence-corrected chi connectivity index (χ3v) is 5.69. The minimum atomic E-state index is -0.903. The number of nitrogens with zero attached hydrogens (tertiary/aromatic N) is 1. The molecule has 0 saturated carbocycles. The third kappa shape index (κ3) is 6.75. The van der Waals surface area contributed by atoms with Crippen LogP contribution in [0.4, 0.5) is 4.79 Å². The molecule has 186 valence electrons. The van der Waals surface area contributed by atoms with Crippen molar-refractivity contribution in [3.05, 3.63) is 108 Å². The fourth-order valence-electron chi connectivity index (χ4n) is 4.09. The van der Waals surface area contributed by atoms with Crippen LogP contribution in [0.5, 0.6) is 0 Å². The molecule has 0 fully saturated rings. The number of rotatable bonds is 8. The molecular weight excluding hydrogens is 452 g/mol. The lowest BCUT2D eigenvalue weighted by Crippen LogP contribution is -2.45. The Morgan fingerprint density at radius 3 is 2.14 bits per heavy atom. The minimum Gasteiger partial charge on any atom is -0.459 e. The first-order valence-electron chi connectivity index (χ1n) is 12.1. The van der Waals surface area contributed by atoms with E-state index in [0.717, 1.165) is 22.0 Å². The quantitative estimate of drug-likeness (QED) is 0.318. The smallest absolute Gasteiger partial charge is 0.408 e. The number of esters is 1. The maximum atomic E-state index is 13.2. The second kappa shape index (κ2) is 11.1. The minimum absolute atomic E-state index is 0.127. The van der Waals surface area contributed by atoms with Crippen LogP contribution in [0.2, 0.25) is 0 Å². The van der Waals surface area contributed by atoms with Gasteiger partial charge in [0.2, 0.25) is 0 Å². The first kappa shape index (κ1) is 25.0. The topological polar surface area (TPSA) is 69.6 Å². The second-order valence-corrected chi connectivity index (χ2v) is 9.78. The first-order chi connectivity index (χ1) is 17.3. The van der Waals surface area contributed by atoms with Crippen LogP contribution in [0.25, 0.3) is 10.9 Å². The van der Waals surface area contributed by atoms with E-state index >= 15 is 0 Å². The Kier molecular flexibility index (Phi) is 7.74. The van der Waals surface area contributed by atoms with E-state index < -0.39 is 23.7 Å². The van der Waals surface area contributed by atoms with Gasteiger partial charge in [0.15, 0.2) is 0 Å². The average molecular weight is 485 g/mol. The Morgan fingerprint density at radius 2 is 1.47 bits per heavy atom. The molecule has 0 bridgehead atoms. The number of aromatic nitrogens is 1. The van der Waals surface area contributed by atoms with Crippen molar-refractivity contribution in [3.8, 4) is 0 Å². The molecule has 4 aromatic rings. The van der Waals surface area contributed by atoms with Crippen LogP contribution in [-0.2, 0) is 33.8 Å². The first-order valence-corrected chi connectivity index (χ1v) is 12.1. The van der Waals surface area contributed by atoms with E-state index in [9.17, 15) is 9.59 Å². The monoisotopic (exact) mass is 484 g/mol. The Hall–Kier alpha value is -4.06. The van der Waals surface area contributed by atoms with Crippen molar-refractivity contribution >= 4 is 23.0 Å². The van der Waals surface area contributed by atoms with Gasteiger partial charge in [-0.1, -0.05) is 78.9 Å². The number of fused-ring (bicyclic) bond motifs is 1. The van der Waals surface area contributed by atoms with Gasteiger partial charge in [-0.15, -0.1) is 0 Å². The van der Waals surface area contributed by atoms with Gasteiger partial charge >= 0.3 is 12.1 Å². The highest BCUT2D eigenvalue weighted by molar-refractivity contribution is 5.86. The number of para-hydroxylation sites is 1. The van der Waals surface area contributed by atoms with Gasteiger partial charge in [0.1, 0.15) is 18.2 Å². The Morgan fingerprint density at radius 1 is 0.861 bits per heavy atom. The molecule has 1 aromatic heterocycles. The molecule has 6 heteroatoms. The normalized spacial score (nSPS) is 12.2. The summed E-state index contributed by atoms with van der Waals surface area (Å²) in [6.07, 6.45) is 1.67. The summed E-state index contributed by atoms with van der Waals surface area (Å²) in [5, 5.41) is 3.76. The molecule has 3 aromatic carbocycles. The Balaban J connectivity index is 1.58. The van der Waals surface area contributed by atoms with Gasteiger partial charge in [0, 0.05) is 30.1 Å². The number of ether oxygens (including phenoxy) is 2. The van der Waals surface area contributed by atoms with Gasteiger partial charge in [0.25, 0.3) is 0 Å². The third-order valence-electron chi connectivity index (χ3n) is 5.69. The lowest BCUT2D eigenvalue weighted by molar-refractivity contribution is -0.147. The van der Waals surface area contributed by atoms with E-state index in [1.54, 1.807) is 20.8 Å². The Bertz CT molecular complexity index is 1310. The van der Waals surface area contributed by atoms with Crippen LogP contribution in [0, 0.1) is 0 Å². The standard InChI is InChI=1S/C30H32N2O4/c1-30(2,3)36-29(34)31-26(28(33)35-21-23-14-8-5-9-15-23)18-24-20-32(19-22-12-6-4-7-13-22)27-17-11-10-16-25(24)27/h4-17,20,26H,18-19,21H2,1-3H3,(H,31,34)/t26-/m0/s1. The number of benzene rings is 3. The summed E-state index contributed by atoms with van der Waals surface area (Å²) in [6.45, 7) is 6.18. The molecule has 0 aliphatic rings. The summed E-state index contributed by atoms with van der Waals surface area (Å²) in [6, 6.07) is 26.8. The molecule has 1 heterocycles. The number of hydrogen-bond acceptors (Lipinski definition) is 4. The number of carbonyl (C=O) groups excluding carboxylic acids is 2. The van der Waals surface area contributed by atoms with Crippen LogP contribution in [0.15, 0.2) is 91.1 Å². The maximum absolute atomic E-state index is 13.2. The zero-order chi connectivity index (χ0) is 25.5. The summed E-state index contributed by atoms with van der Waals surface area (Å²) >= 11 is 0. The van der Waals surface area contributed by atoms with Gasteiger partial charge < -0.3 is 19.4 Å². The van der Waals surface area contributed by atoms with Crippen molar-refractivity contribution in [1.29, 1.82) is 0 Å². The van der Waals surface area contributed by atoms with Crippen molar-refractivity contribution in [2.24, 2.45) is 0 Å². The highest BCUT2D eigenvalue weighted by Gasteiger charge is 2.27. The lowest BCUT2D eigenvalue weighted by atomic mass is 10.1. The van der Waals surface area contributed by atoms with Gasteiger partial charge in [0.05, 0.1) is 0 Å². The molecule has 4 rings (SSSR count). The molecule has 0 unspecified atom stereocenters. The number of alkyl carbamates (subject to hydrolysis) is 1. The van der Waals surface area contributed by atoms with E-state index in [2.05, 4.69) is 28.1 Å². The van der Waals surface area contributed by atoms with Gasteiger partial charge in [-0.3, -0.25) is 0 Å². The van der Waals surface area contributed by atoms with Crippen LogP contribution in [0.1, 0.15) is 37.5 Å². The van der Waals surface area contributed by atoms with Gasteiger partial charge in [-0.2, -0.15) is 0 Å². The zero-order valence-electron chi connectivity index (χ0n) is 20.9. The summed E-state index contributed by atoms with van der Waals surface area (Å²) < 4.78 is 13.2. The molecule has 0 aliphatic carbocycles. The zero-order valence-corrected chi connectivity index (χ0v) is 20.9. The fourth-order valence-corrected chi connectivity index (χ4v) is 4.09. The van der Waals surface area contributed by atoms with E-state index in [1.807, 2.05) is 72.9 Å². The lowest BCUT2D eigenvalue weighted by Gasteiger charge is -2.23. The number of amides is 1. The number of nitrogens with one attached hydrogen (secondary N) is 1. The van der Waals surface area contributed by atoms with E-state index in [0.29, 0.717) is 6.54 Å². The molecule has 6 nitrogen and oxygen atoms in total. The number of hydrogen-bond donors (Lipinski definition) is 1. The van der Waals surface area contributed by atoms with Crippen molar-refractivity contribution < 1.29 is 19.1 Å². The highest BCUT2D eigenvalue weighted by Crippen LogP contribution is 2.24. The number of carbonyl (C=O) groups is 2. The van der Waals surface area contributed by atoms with E-state index in [1.165, 1.54) is 5.56 Å². The molecular formula is C30H32N2O4. The largest absolute Gasteiger partial charge is 0.459 e. The molecule has 0 saturated heterocycles. The van der Waals surface area contributed by atoms with Crippen molar-refractivity contribution in [3.63, 3.8) is 0 Å². The molecule has 0 radical (unpaired) electrons. The second-order valence-electron chi connectivity index (χ2n) is 9.78. The molecule has 1 amide bonds. The molecule has 36 heavy (non-hydrogen) atoms. The molecule has 0 spiro atoms. The molecule has 1 N–H and O–H groups in total. The van der Waals surface area contributed by atoms with Crippen LogP contribution >= 0.6 is 0 Å². The van der Waals surface area contributed by atoms with Crippen LogP contribution in [-0.4, -0.2) is 28.3 Å². The predicted molar refractivity (Wildman–Crippen MR) is 141 cm³/mol. The van der Waals surface area contributed by atoms with Crippen molar-refractivity contribution in [1.82, 2.24) is 9.88 Å².